The van der Waals surface area contributed by atoms with E-state index in [9.17, 15) is 9.59 Å². The minimum Gasteiger partial charge on any atom is -0.481 e. The second-order valence-electron chi connectivity index (χ2n) is 6.41. The van der Waals surface area contributed by atoms with E-state index in [4.69, 9.17) is 5.11 Å². The van der Waals surface area contributed by atoms with E-state index in [1.54, 1.807) is 18.7 Å². The summed E-state index contributed by atoms with van der Waals surface area (Å²) in [6.07, 6.45) is 2.07. The number of amides is 1. The molecular formula is C13H23NO3. The van der Waals surface area contributed by atoms with Crippen LogP contribution in [-0.4, -0.2) is 35.0 Å². The van der Waals surface area contributed by atoms with E-state index in [0.717, 1.165) is 25.9 Å². The molecule has 1 saturated heterocycles. The third-order valence-electron chi connectivity index (χ3n) is 3.64. The van der Waals surface area contributed by atoms with Crippen LogP contribution >= 0.6 is 0 Å². The van der Waals surface area contributed by atoms with Crippen molar-refractivity contribution in [2.75, 3.05) is 13.1 Å². The molecule has 0 aromatic heterocycles. The summed E-state index contributed by atoms with van der Waals surface area (Å²) in [4.78, 5) is 24.8. The normalized spacial score (nSPS) is 20.1. The van der Waals surface area contributed by atoms with Crippen molar-refractivity contribution in [1.82, 2.24) is 4.90 Å². The summed E-state index contributed by atoms with van der Waals surface area (Å²) < 4.78 is 0. The Morgan fingerprint density at radius 2 is 1.71 bits per heavy atom. The predicted molar refractivity (Wildman–Crippen MR) is 65.6 cm³/mol. The lowest BCUT2D eigenvalue weighted by atomic mass is 9.82. The highest BCUT2D eigenvalue weighted by Crippen LogP contribution is 2.31. The molecule has 0 bridgehead atoms. The highest BCUT2D eigenvalue weighted by molar-refractivity contribution is 5.84. The number of piperidine rings is 1. The smallest absolute Gasteiger partial charge is 0.309 e. The van der Waals surface area contributed by atoms with Gasteiger partial charge >= 0.3 is 5.97 Å². The number of nitrogens with zero attached hydrogens (tertiary/aromatic N) is 1. The van der Waals surface area contributed by atoms with Gasteiger partial charge in [-0.3, -0.25) is 9.59 Å². The van der Waals surface area contributed by atoms with Crippen molar-refractivity contribution in [3.8, 4) is 0 Å². The Balaban J connectivity index is 2.53. The van der Waals surface area contributed by atoms with Crippen LogP contribution in [0.25, 0.3) is 0 Å². The van der Waals surface area contributed by atoms with Crippen LogP contribution in [0.3, 0.4) is 0 Å². The van der Waals surface area contributed by atoms with Gasteiger partial charge in [-0.15, -0.1) is 0 Å². The molecule has 0 saturated carbocycles. The molecule has 1 aliphatic rings. The Bertz CT molecular complexity index is 311. The molecular weight excluding hydrogens is 218 g/mol. The van der Waals surface area contributed by atoms with E-state index in [1.807, 2.05) is 0 Å². The van der Waals surface area contributed by atoms with Crippen molar-refractivity contribution in [3.63, 3.8) is 0 Å². The zero-order chi connectivity index (χ0) is 13.3. The molecule has 0 radical (unpaired) electrons. The summed E-state index contributed by atoms with van der Waals surface area (Å²) in [6.45, 7) is 9.11. The Labute approximate surface area is 103 Å². The summed E-state index contributed by atoms with van der Waals surface area (Å²) >= 11 is 0. The summed E-state index contributed by atoms with van der Waals surface area (Å²) in [5, 5.41) is 9.00. The number of carbonyl (C=O) groups excluding carboxylic acids is 1. The van der Waals surface area contributed by atoms with Crippen molar-refractivity contribution in [2.24, 2.45) is 10.8 Å². The standard InChI is InChI=1S/C13H23NO3/c1-12(2)5-7-14(8-6-12)10(15)9-13(3,4)11(16)17/h5-9H2,1-4H3,(H,16,17). The molecule has 0 atom stereocenters. The SMILES string of the molecule is CC1(C)CCN(C(=O)CC(C)(C)C(=O)O)CC1. The highest BCUT2D eigenvalue weighted by Gasteiger charge is 2.34. The molecule has 0 aliphatic carbocycles. The van der Waals surface area contributed by atoms with Crippen molar-refractivity contribution in [3.05, 3.63) is 0 Å². The zero-order valence-corrected chi connectivity index (χ0v) is 11.2. The van der Waals surface area contributed by atoms with Crippen LogP contribution in [0, 0.1) is 10.8 Å². The second-order valence-corrected chi connectivity index (χ2v) is 6.41. The first kappa shape index (κ1) is 14.0. The summed E-state index contributed by atoms with van der Waals surface area (Å²) in [6, 6.07) is 0. The number of hydrogen-bond donors (Lipinski definition) is 1. The summed E-state index contributed by atoms with van der Waals surface area (Å²) in [5.41, 5.74) is -0.664. The van der Waals surface area contributed by atoms with E-state index in [1.165, 1.54) is 0 Å². The minimum absolute atomic E-state index is 0.0344. The van der Waals surface area contributed by atoms with Gasteiger partial charge in [-0.2, -0.15) is 0 Å². The maximum absolute atomic E-state index is 12.0. The fourth-order valence-corrected chi connectivity index (χ4v) is 1.93. The number of aliphatic carboxylic acids is 1. The molecule has 1 aliphatic heterocycles. The van der Waals surface area contributed by atoms with Crippen LogP contribution < -0.4 is 0 Å². The molecule has 0 aromatic carbocycles. The molecule has 0 unspecified atom stereocenters. The van der Waals surface area contributed by atoms with Gasteiger partial charge in [0.1, 0.15) is 0 Å². The Morgan fingerprint density at radius 3 is 2.12 bits per heavy atom. The van der Waals surface area contributed by atoms with Crippen molar-refractivity contribution < 1.29 is 14.7 Å². The third-order valence-corrected chi connectivity index (χ3v) is 3.64. The molecule has 1 heterocycles. The molecule has 1 N–H and O–H groups in total. The molecule has 4 heteroatoms. The number of carboxylic acid groups (broad SMARTS) is 1. The van der Waals surface area contributed by atoms with E-state index in [-0.39, 0.29) is 12.3 Å². The molecule has 1 amide bonds. The van der Waals surface area contributed by atoms with Gasteiger partial charge in [0.2, 0.25) is 5.91 Å². The number of carboxylic acids is 1. The van der Waals surface area contributed by atoms with Crippen LogP contribution in [0.1, 0.15) is 47.0 Å². The Kier molecular flexibility index (Phi) is 3.84. The molecule has 4 nitrogen and oxygen atoms in total. The van der Waals surface area contributed by atoms with E-state index < -0.39 is 11.4 Å². The van der Waals surface area contributed by atoms with Crippen LogP contribution in [0.2, 0.25) is 0 Å². The van der Waals surface area contributed by atoms with Gasteiger partial charge < -0.3 is 10.0 Å². The number of hydrogen-bond acceptors (Lipinski definition) is 2. The molecule has 1 rings (SSSR count). The van der Waals surface area contributed by atoms with Crippen molar-refractivity contribution in [2.45, 2.75) is 47.0 Å². The molecule has 0 spiro atoms. The maximum atomic E-state index is 12.0. The number of likely N-dealkylation sites (tertiary alicyclic amines) is 1. The number of rotatable bonds is 3. The molecule has 1 fully saturated rings. The first-order valence-corrected chi connectivity index (χ1v) is 6.15. The van der Waals surface area contributed by atoms with E-state index >= 15 is 0 Å². The van der Waals surface area contributed by atoms with Crippen molar-refractivity contribution >= 4 is 11.9 Å². The highest BCUT2D eigenvalue weighted by atomic mass is 16.4. The maximum Gasteiger partial charge on any atom is 0.309 e. The lowest BCUT2D eigenvalue weighted by molar-refractivity contribution is -0.152. The molecule has 0 aromatic rings. The largest absolute Gasteiger partial charge is 0.481 e. The van der Waals surface area contributed by atoms with Crippen molar-refractivity contribution in [1.29, 1.82) is 0 Å². The lowest BCUT2D eigenvalue weighted by Gasteiger charge is -2.37. The lowest BCUT2D eigenvalue weighted by Crippen LogP contribution is -2.43. The molecule has 17 heavy (non-hydrogen) atoms. The first-order valence-electron chi connectivity index (χ1n) is 6.15. The van der Waals surface area contributed by atoms with Gasteiger partial charge in [-0.1, -0.05) is 13.8 Å². The minimum atomic E-state index is -0.968. The van der Waals surface area contributed by atoms with Gasteiger partial charge in [0.25, 0.3) is 0 Å². The first-order chi connectivity index (χ1) is 7.64. The van der Waals surface area contributed by atoms with Crippen LogP contribution in [0.4, 0.5) is 0 Å². The van der Waals surface area contributed by atoms with Gasteiger partial charge in [0.15, 0.2) is 0 Å². The predicted octanol–water partition coefficient (Wildman–Crippen LogP) is 2.14. The second kappa shape index (κ2) is 4.67. The fraction of sp³-hybridized carbons (Fsp3) is 0.846. The summed E-state index contributed by atoms with van der Waals surface area (Å²) in [7, 11) is 0. The van der Waals surface area contributed by atoms with Crippen LogP contribution in [0.15, 0.2) is 0 Å². The quantitative estimate of drug-likeness (QED) is 0.823. The summed E-state index contributed by atoms with van der Waals surface area (Å²) in [5.74, 6) is -0.948. The van der Waals surface area contributed by atoms with Gasteiger partial charge in [0, 0.05) is 19.5 Å². The van der Waals surface area contributed by atoms with Gasteiger partial charge in [-0.25, -0.2) is 0 Å². The van der Waals surface area contributed by atoms with E-state index in [0.29, 0.717) is 5.41 Å². The average Bonchev–Trinajstić information content (AvgIpc) is 2.16. The topological polar surface area (TPSA) is 57.6 Å². The van der Waals surface area contributed by atoms with Crippen LogP contribution in [0.5, 0.6) is 0 Å². The Morgan fingerprint density at radius 1 is 1.24 bits per heavy atom. The fourth-order valence-electron chi connectivity index (χ4n) is 1.93. The van der Waals surface area contributed by atoms with Gasteiger partial charge in [-0.05, 0) is 32.1 Å². The van der Waals surface area contributed by atoms with Gasteiger partial charge in [0.05, 0.1) is 5.41 Å². The third kappa shape index (κ3) is 3.72. The zero-order valence-electron chi connectivity index (χ0n) is 11.2. The molecule has 98 valence electrons. The number of carbonyl (C=O) groups is 2. The Hall–Kier alpha value is -1.06. The average molecular weight is 241 g/mol. The monoisotopic (exact) mass is 241 g/mol. The van der Waals surface area contributed by atoms with Crippen LogP contribution in [-0.2, 0) is 9.59 Å². The van der Waals surface area contributed by atoms with E-state index in [2.05, 4.69) is 13.8 Å².